The number of carbonyl (C=O) groups is 1. The first kappa shape index (κ1) is 12.6. The lowest BCUT2D eigenvalue weighted by molar-refractivity contribution is 0.102. The summed E-state index contributed by atoms with van der Waals surface area (Å²) in [6.07, 6.45) is 8.83. The third-order valence-electron chi connectivity index (χ3n) is 3.03. The number of hydrogen-bond donors (Lipinski definition) is 0. The molecule has 1 aromatic heterocycles. The molecule has 1 aromatic rings. The van der Waals surface area contributed by atoms with E-state index < -0.39 is 5.82 Å². The highest BCUT2D eigenvalue weighted by Crippen LogP contribution is 2.28. The fraction of sp³-hybridized carbons (Fsp3) is 0.538. The molecule has 0 bridgehead atoms. The Morgan fingerprint density at radius 1 is 1.35 bits per heavy atom. The summed E-state index contributed by atoms with van der Waals surface area (Å²) < 4.78 is 12.9. The van der Waals surface area contributed by atoms with Gasteiger partial charge in [-0.3, -0.25) is 9.78 Å². The Morgan fingerprint density at radius 2 is 2.12 bits per heavy atom. The fourth-order valence-electron chi connectivity index (χ4n) is 2.07. The Balaban J connectivity index is 1.84. The molecule has 0 unspecified atom stereocenters. The van der Waals surface area contributed by atoms with Gasteiger partial charge in [0.05, 0.1) is 11.9 Å². The summed E-state index contributed by atoms with van der Waals surface area (Å²) in [7, 11) is 0. The van der Waals surface area contributed by atoms with Gasteiger partial charge < -0.3 is 0 Å². The minimum atomic E-state index is -0.446. The van der Waals surface area contributed by atoms with Crippen molar-refractivity contribution < 1.29 is 9.18 Å². The van der Waals surface area contributed by atoms with Crippen molar-refractivity contribution in [2.45, 2.75) is 37.4 Å². The quantitative estimate of drug-likeness (QED) is 0.770. The van der Waals surface area contributed by atoms with Crippen LogP contribution in [0, 0.1) is 5.82 Å². The molecular weight excluding hydrogens is 237 g/mol. The van der Waals surface area contributed by atoms with E-state index in [4.69, 9.17) is 0 Å². The largest absolute Gasteiger partial charge is 0.293 e. The Labute approximate surface area is 105 Å². The Morgan fingerprint density at radius 3 is 2.82 bits per heavy atom. The molecular formula is C13H16FNOS. The highest BCUT2D eigenvalue weighted by Gasteiger charge is 2.16. The molecule has 1 aliphatic rings. The van der Waals surface area contributed by atoms with E-state index in [1.807, 2.05) is 0 Å². The molecule has 0 aromatic carbocycles. The van der Waals surface area contributed by atoms with Crippen LogP contribution in [0.1, 0.15) is 42.5 Å². The SMILES string of the molecule is O=C(CSC1CCCCC1)c1cncc(F)c1. The number of aromatic nitrogens is 1. The number of carbonyl (C=O) groups excluding carboxylic acids is 1. The summed E-state index contributed by atoms with van der Waals surface area (Å²) in [5.74, 6) is -0.0263. The lowest BCUT2D eigenvalue weighted by atomic mass is 10.0. The molecule has 1 aliphatic carbocycles. The maximum Gasteiger partial charge on any atom is 0.174 e. The summed E-state index contributed by atoms with van der Waals surface area (Å²) in [6.45, 7) is 0. The molecule has 0 amide bonds. The average Bonchev–Trinajstić information content (AvgIpc) is 2.37. The van der Waals surface area contributed by atoms with Gasteiger partial charge in [0.2, 0.25) is 0 Å². The minimum absolute atomic E-state index is 0.0208. The lowest BCUT2D eigenvalue weighted by Crippen LogP contribution is -2.12. The monoisotopic (exact) mass is 253 g/mol. The van der Waals surface area contributed by atoms with Crippen LogP contribution in [0.5, 0.6) is 0 Å². The molecule has 0 radical (unpaired) electrons. The Kier molecular flexibility index (Phi) is 4.54. The molecule has 2 nitrogen and oxygen atoms in total. The number of thioether (sulfide) groups is 1. The summed E-state index contributed by atoms with van der Waals surface area (Å²) in [4.78, 5) is 15.5. The zero-order valence-electron chi connectivity index (χ0n) is 9.69. The zero-order valence-corrected chi connectivity index (χ0v) is 10.5. The van der Waals surface area contributed by atoms with Crippen LogP contribution in [0.4, 0.5) is 4.39 Å². The van der Waals surface area contributed by atoms with Crippen LogP contribution in [-0.4, -0.2) is 21.8 Å². The van der Waals surface area contributed by atoms with Gasteiger partial charge in [-0.15, -0.1) is 0 Å². The third kappa shape index (κ3) is 3.80. The van der Waals surface area contributed by atoms with Gasteiger partial charge in [0, 0.05) is 17.0 Å². The first-order valence-electron chi connectivity index (χ1n) is 6.01. The predicted octanol–water partition coefficient (Wildman–Crippen LogP) is 3.47. The van der Waals surface area contributed by atoms with Gasteiger partial charge in [0.1, 0.15) is 5.82 Å². The highest BCUT2D eigenvalue weighted by atomic mass is 32.2. The van der Waals surface area contributed by atoms with E-state index in [1.54, 1.807) is 11.8 Å². The van der Waals surface area contributed by atoms with E-state index >= 15 is 0 Å². The van der Waals surface area contributed by atoms with E-state index in [-0.39, 0.29) is 5.78 Å². The van der Waals surface area contributed by atoms with Crippen molar-refractivity contribution in [3.8, 4) is 0 Å². The summed E-state index contributed by atoms with van der Waals surface area (Å²) in [5, 5.41) is 0.606. The molecule has 0 spiro atoms. The second-order valence-corrected chi connectivity index (χ2v) is 5.67. The van der Waals surface area contributed by atoms with Crippen LogP contribution in [0.15, 0.2) is 18.5 Å². The highest BCUT2D eigenvalue weighted by molar-refractivity contribution is 8.00. The molecule has 0 aliphatic heterocycles. The Bertz CT molecular complexity index is 391. The normalized spacial score (nSPS) is 17.0. The van der Waals surface area contributed by atoms with Crippen LogP contribution < -0.4 is 0 Å². The number of pyridine rings is 1. The molecule has 1 heterocycles. The second-order valence-electron chi connectivity index (χ2n) is 4.39. The van der Waals surface area contributed by atoms with Crippen LogP contribution in [0.25, 0.3) is 0 Å². The molecule has 0 atom stereocenters. The smallest absolute Gasteiger partial charge is 0.174 e. The summed E-state index contributed by atoms with van der Waals surface area (Å²) >= 11 is 1.71. The van der Waals surface area contributed by atoms with Gasteiger partial charge in [0.15, 0.2) is 5.78 Å². The maximum atomic E-state index is 12.9. The topological polar surface area (TPSA) is 30.0 Å². The first-order valence-corrected chi connectivity index (χ1v) is 7.06. The van der Waals surface area contributed by atoms with Crippen molar-refractivity contribution in [2.24, 2.45) is 0 Å². The van der Waals surface area contributed by atoms with Gasteiger partial charge in [-0.05, 0) is 18.9 Å². The van der Waals surface area contributed by atoms with Crippen LogP contribution >= 0.6 is 11.8 Å². The van der Waals surface area contributed by atoms with E-state index in [0.29, 0.717) is 16.6 Å². The predicted molar refractivity (Wildman–Crippen MR) is 67.9 cm³/mol. The van der Waals surface area contributed by atoms with Gasteiger partial charge >= 0.3 is 0 Å². The number of rotatable bonds is 4. The van der Waals surface area contributed by atoms with Crippen LogP contribution in [-0.2, 0) is 0 Å². The number of Topliss-reactive ketones (excluding diaryl/α,β-unsaturated/α-hetero) is 1. The standard InChI is InChI=1S/C13H16FNOS/c14-11-6-10(7-15-8-11)13(16)9-17-12-4-2-1-3-5-12/h6-8,12H,1-5,9H2. The van der Waals surface area contributed by atoms with Crippen LogP contribution in [0.3, 0.4) is 0 Å². The number of nitrogens with zero attached hydrogens (tertiary/aromatic N) is 1. The Hall–Kier alpha value is -0.900. The zero-order chi connectivity index (χ0) is 12.1. The van der Waals surface area contributed by atoms with Gasteiger partial charge in [-0.2, -0.15) is 11.8 Å². The number of ketones is 1. The third-order valence-corrected chi connectivity index (χ3v) is 4.40. The van der Waals surface area contributed by atoms with Gasteiger partial charge in [0.25, 0.3) is 0 Å². The van der Waals surface area contributed by atoms with Crippen molar-refractivity contribution >= 4 is 17.5 Å². The van der Waals surface area contributed by atoms with Crippen molar-refractivity contribution in [3.05, 3.63) is 29.8 Å². The molecule has 1 fully saturated rings. The molecule has 92 valence electrons. The molecule has 0 saturated heterocycles. The van der Waals surface area contributed by atoms with Crippen molar-refractivity contribution in [3.63, 3.8) is 0 Å². The average molecular weight is 253 g/mol. The number of halogens is 1. The minimum Gasteiger partial charge on any atom is -0.293 e. The van der Waals surface area contributed by atoms with Crippen LogP contribution in [0.2, 0.25) is 0 Å². The summed E-state index contributed by atoms with van der Waals surface area (Å²) in [5.41, 5.74) is 0.383. The lowest BCUT2D eigenvalue weighted by Gasteiger charge is -2.20. The van der Waals surface area contributed by atoms with E-state index in [2.05, 4.69) is 4.98 Å². The molecule has 2 rings (SSSR count). The molecule has 17 heavy (non-hydrogen) atoms. The van der Waals surface area contributed by atoms with Gasteiger partial charge in [-0.25, -0.2) is 4.39 Å². The van der Waals surface area contributed by atoms with Crippen molar-refractivity contribution in [2.75, 3.05) is 5.75 Å². The van der Waals surface area contributed by atoms with Crippen molar-refractivity contribution in [1.29, 1.82) is 0 Å². The molecule has 1 saturated carbocycles. The number of hydrogen-bond acceptors (Lipinski definition) is 3. The van der Waals surface area contributed by atoms with Gasteiger partial charge in [-0.1, -0.05) is 19.3 Å². The summed E-state index contributed by atoms with van der Waals surface area (Å²) in [6, 6.07) is 1.26. The van der Waals surface area contributed by atoms with E-state index in [1.165, 1.54) is 44.4 Å². The molecule has 4 heteroatoms. The second kappa shape index (κ2) is 6.15. The van der Waals surface area contributed by atoms with E-state index in [9.17, 15) is 9.18 Å². The first-order chi connectivity index (χ1) is 8.25. The maximum absolute atomic E-state index is 12.9. The van der Waals surface area contributed by atoms with E-state index in [0.717, 1.165) is 6.20 Å². The molecule has 0 N–H and O–H groups in total. The fourth-order valence-corrected chi connectivity index (χ4v) is 3.29. The van der Waals surface area contributed by atoms with Crippen molar-refractivity contribution in [1.82, 2.24) is 4.98 Å².